The van der Waals surface area contributed by atoms with Crippen LogP contribution in [0.5, 0.6) is 0 Å². The molecule has 0 radical (unpaired) electrons. The quantitative estimate of drug-likeness (QED) is 0.625. The van der Waals surface area contributed by atoms with Crippen LogP contribution in [-0.2, 0) is 10.2 Å². The highest BCUT2D eigenvalue weighted by atomic mass is 32.2. The van der Waals surface area contributed by atoms with Gasteiger partial charge in [-0.1, -0.05) is 12.8 Å². The zero-order valence-electron chi connectivity index (χ0n) is 7.94. The molecular weight excluding hydrogens is 188 g/mol. The van der Waals surface area contributed by atoms with Crippen LogP contribution < -0.4 is 0 Å². The van der Waals surface area contributed by atoms with Gasteiger partial charge in [-0.2, -0.15) is 17.0 Å². The molecule has 2 aliphatic rings. The average Bonchev–Trinajstić information content (AvgIpc) is 2.82. The Labute approximate surface area is 79.7 Å². The Bertz CT molecular complexity index is 279. The molecule has 0 aromatic rings. The fraction of sp³-hybridized carbons (Fsp3) is 1.00. The molecule has 0 N–H and O–H groups in total. The normalized spacial score (nSPS) is 25.7. The number of hydrogen-bond acceptors (Lipinski definition) is 2. The topological polar surface area (TPSA) is 40.4 Å². The highest BCUT2D eigenvalue weighted by molar-refractivity contribution is 7.87. The molecule has 0 unspecified atom stereocenters. The van der Waals surface area contributed by atoms with Crippen LogP contribution in [0.3, 0.4) is 0 Å². The van der Waals surface area contributed by atoms with Crippen LogP contribution in [0.15, 0.2) is 0 Å². The molecule has 2 rings (SSSR count). The van der Waals surface area contributed by atoms with Gasteiger partial charge in [-0.05, 0) is 12.8 Å². The van der Waals surface area contributed by atoms with Gasteiger partial charge < -0.3 is 0 Å². The van der Waals surface area contributed by atoms with Crippen molar-refractivity contribution in [2.24, 2.45) is 0 Å². The second kappa shape index (κ2) is 3.22. The van der Waals surface area contributed by atoms with E-state index in [0.717, 1.165) is 12.8 Å². The van der Waals surface area contributed by atoms with E-state index in [2.05, 4.69) is 0 Å². The Morgan fingerprint density at radius 3 is 2.23 bits per heavy atom. The zero-order chi connectivity index (χ0) is 9.47. The Kier molecular flexibility index (Phi) is 2.33. The number of rotatable bonds is 3. The first-order valence-corrected chi connectivity index (χ1v) is 6.25. The molecule has 2 fully saturated rings. The summed E-state index contributed by atoms with van der Waals surface area (Å²) in [7, 11) is -1.37. The summed E-state index contributed by atoms with van der Waals surface area (Å²) >= 11 is 0. The minimum Gasteiger partial charge on any atom is -0.195 e. The van der Waals surface area contributed by atoms with Gasteiger partial charge in [-0.3, -0.25) is 0 Å². The second-order valence-electron chi connectivity index (χ2n) is 3.86. The molecule has 0 bridgehead atoms. The van der Waals surface area contributed by atoms with Gasteiger partial charge in [0.05, 0.1) is 0 Å². The molecule has 4 nitrogen and oxygen atoms in total. The summed E-state index contributed by atoms with van der Waals surface area (Å²) in [6.07, 6.45) is 4.40. The van der Waals surface area contributed by atoms with E-state index < -0.39 is 10.2 Å². The van der Waals surface area contributed by atoms with Gasteiger partial charge in [0.15, 0.2) is 0 Å². The molecule has 0 aromatic heterocycles. The van der Waals surface area contributed by atoms with E-state index in [-0.39, 0.29) is 6.04 Å². The molecular formula is C8H16N2O2S. The molecule has 1 aliphatic carbocycles. The fourth-order valence-electron chi connectivity index (χ4n) is 1.91. The molecule has 0 atom stereocenters. The van der Waals surface area contributed by atoms with Crippen molar-refractivity contribution in [2.45, 2.75) is 31.7 Å². The first kappa shape index (κ1) is 9.43. The molecule has 1 saturated heterocycles. The van der Waals surface area contributed by atoms with Crippen molar-refractivity contribution >= 4 is 10.2 Å². The predicted molar refractivity (Wildman–Crippen MR) is 50.5 cm³/mol. The molecule has 1 saturated carbocycles. The summed E-state index contributed by atoms with van der Waals surface area (Å²) in [5, 5.41) is 0. The highest BCUT2D eigenvalue weighted by Crippen LogP contribution is 2.27. The van der Waals surface area contributed by atoms with Crippen LogP contribution in [0.4, 0.5) is 0 Å². The SMILES string of the molecule is CN(C1CCCC1)S(=O)(=O)N1CC1. The van der Waals surface area contributed by atoms with Gasteiger partial charge in [0.1, 0.15) is 0 Å². The molecule has 0 spiro atoms. The summed E-state index contributed by atoms with van der Waals surface area (Å²) in [5.74, 6) is 0. The van der Waals surface area contributed by atoms with Gasteiger partial charge in [0, 0.05) is 26.2 Å². The lowest BCUT2D eigenvalue weighted by Gasteiger charge is -2.23. The molecule has 1 aliphatic heterocycles. The average molecular weight is 204 g/mol. The van der Waals surface area contributed by atoms with Crippen LogP contribution in [0.25, 0.3) is 0 Å². The lowest BCUT2D eigenvalue weighted by molar-refractivity contribution is 0.358. The molecule has 5 heteroatoms. The lowest BCUT2D eigenvalue weighted by Crippen LogP contribution is -2.38. The van der Waals surface area contributed by atoms with Crippen LogP contribution in [-0.4, -0.2) is 43.2 Å². The maximum absolute atomic E-state index is 11.7. The van der Waals surface area contributed by atoms with Crippen LogP contribution in [0, 0.1) is 0 Å². The first-order valence-electron chi connectivity index (χ1n) is 4.85. The van der Waals surface area contributed by atoms with Crippen molar-refractivity contribution in [3.8, 4) is 0 Å². The monoisotopic (exact) mass is 204 g/mol. The molecule has 13 heavy (non-hydrogen) atoms. The third-order valence-electron chi connectivity index (χ3n) is 2.94. The smallest absolute Gasteiger partial charge is 0.195 e. The van der Waals surface area contributed by atoms with Gasteiger partial charge in [0.2, 0.25) is 0 Å². The highest BCUT2D eigenvalue weighted by Gasteiger charge is 2.38. The molecule has 0 amide bonds. The maximum Gasteiger partial charge on any atom is 0.282 e. The maximum atomic E-state index is 11.7. The Morgan fingerprint density at radius 2 is 1.77 bits per heavy atom. The van der Waals surface area contributed by atoms with E-state index in [9.17, 15) is 8.42 Å². The largest absolute Gasteiger partial charge is 0.282 e. The molecule has 1 heterocycles. The van der Waals surface area contributed by atoms with E-state index in [0.29, 0.717) is 13.1 Å². The van der Waals surface area contributed by atoms with E-state index >= 15 is 0 Å². The van der Waals surface area contributed by atoms with Crippen LogP contribution >= 0.6 is 0 Å². The minimum atomic E-state index is -3.08. The summed E-state index contributed by atoms with van der Waals surface area (Å²) < 4.78 is 26.5. The van der Waals surface area contributed by atoms with Crippen LogP contribution in [0.1, 0.15) is 25.7 Å². The van der Waals surface area contributed by atoms with Crippen molar-refractivity contribution < 1.29 is 8.42 Å². The van der Waals surface area contributed by atoms with Gasteiger partial charge in [-0.15, -0.1) is 0 Å². The van der Waals surface area contributed by atoms with Crippen molar-refractivity contribution in [3.63, 3.8) is 0 Å². The second-order valence-corrected chi connectivity index (χ2v) is 5.85. The van der Waals surface area contributed by atoms with Gasteiger partial charge in [0.25, 0.3) is 10.2 Å². The first-order chi connectivity index (χ1) is 6.12. The number of hydrogen-bond donors (Lipinski definition) is 0. The van der Waals surface area contributed by atoms with Gasteiger partial charge in [-0.25, -0.2) is 0 Å². The van der Waals surface area contributed by atoms with E-state index in [4.69, 9.17) is 0 Å². The Morgan fingerprint density at radius 1 is 1.23 bits per heavy atom. The van der Waals surface area contributed by atoms with E-state index in [1.807, 2.05) is 0 Å². The standard InChI is InChI=1S/C8H16N2O2S/c1-9(8-4-2-3-5-8)13(11,12)10-6-7-10/h8H,2-7H2,1H3. The number of nitrogens with zero attached hydrogens (tertiary/aromatic N) is 2. The summed E-state index contributed by atoms with van der Waals surface area (Å²) in [6, 6.07) is 0.255. The predicted octanol–water partition coefficient (Wildman–Crippen LogP) is 0.421. The lowest BCUT2D eigenvalue weighted by atomic mass is 10.3. The van der Waals surface area contributed by atoms with E-state index in [1.165, 1.54) is 17.1 Å². The molecule has 76 valence electrons. The summed E-state index contributed by atoms with van der Waals surface area (Å²) in [6.45, 7) is 1.42. The van der Waals surface area contributed by atoms with E-state index in [1.54, 1.807) is 11.4 Å². The minimum absolute atomic E-state index is 0.255. The summed E-state index contributed by atoms with van der Waals surface area (Å²) in [4.78, 5) is 0. The third-order valence-corrected chi connectivity index (χ3v) is 4.98. The summed E-state index contributed by atoms with van der Waals surface area (Å²) in [5.41, 5.74) is 0. The zero-order valence-corrected chi connectivity index (χ0v) is 8.76. The van der Waals surface area contributed by atoms with Crippen molar-refractivity contribution in [2.75, 3.05) is 20.1 Å². The van der Waals surface area contributed by atoms with Crippen molar-refractivity contribution in [3.05, 3.63) is 0 Å². The van der Waals surface area contributed by atoms with Gasteiger partial charge >= 0.3 is 0 Å². The fourth-order valence-corrected chi connectivity index (χ4v) is 3.40. The van der Waals surface area contributed by atoms with Crippen molar-refractivity contribution in [1.82, 2.24) is 8.61 Å². The Balaban J connectivity index is 2.06. The Hall–Kier alpha value is -0.130. The third kappa shape index (κ3) is 1.73. The van der Waals surface area contributed by atoms with Crippen LogP contribution in [0.2, 0.25) is 0 Å². The molecule has 0 aromatic carbocycles. The van der Waals surface area contributed by atoms with Crippen molar-refractivity contribution in [1.29, 1.82) is 0 Å².